The van der Waals surface area contributed by atoms with E-state index in [9.17, 15) is 29.3 Å². The van der Waals surface area contributed by atoms with Crippen molar-refractivity contribution in [3.63, 3.8) is 0 Å². The molecule has 10 heteroatoms. The minimum Gasteiger partial charge on any atom is -0.454 e. The molecule has 0 spiro atoms. The summed E-state index contributed by atoms with van der Waals surface area (Å²) in [6.45, 7) is 0.745. The molecule has 5 atom stereocenters. The fourth-order valence-corrected chi connectivity index (χ4v) is 4.56. The van der Waals surface area contributed by atoms with Crippen molar-refractivity contribution in [1.82, 2.24) is 4.90 Å². The number of nitro benzene ring substituents is 1. The number of imide groups is 1. The lowest BCUT2D eigenvalue weighted by atomic mass is 9.85. The predicted octanol–water partition coefficient (Wildman–Crippen LogP) is 1.27. The van der Waals surface area contributed by atoms with Gasteiger partial charge in [0, 0.05) is 17.8 Å². The Balaban J connectivity index is 1.34. The second-order valence-electron chi connectivity index (χ2n) is 7.69. The molecule has 4 rings (SSSR count). The van der Waals surface area contributed by atoms with Crippen LogP contribution in [-0.4, -0.2) is 46.2 Å². The fourth-order valence-electron chi connectivity index (χ4n) is 4.56. The number of nitrogens with one attached hydrogen (secondary N) is 1. The number of anilines is 1. The number of benzene rings is 1. The van der Waals surface area contributed by atoms with Gasteiger partial charge in [0.1, 0.15) is 6.04 Å². The Morgan fingerprint density at radius 3 is 2.47 bits per heavy atom. The van der Waals surface area contributed by atoms with E-state index in [0.717, 1.165) is 11.3 Å². The number of nitro groups is 1. The van der Waals surface area contributed by atoms with Crippen molar-refractivity contribution >= 4 is 35.1 Å². The topological polar surface area (TPSA) is 136 Å². The monoisotopic (exact) mass is 413 g/mol. The van der Waals surface area contributed by atoms with E-state index in [1.165, 1.54) is 31.2 Å². The zero-order valence-corrected chi connectivity index (χ0v) is 16.0. The van der Waals surface area contributed by atoms with Crippen LogP contribution in [0, 0.1) is 33.8 Å². The van der Waals surface area contributed by atoms with Gasteiger partial charge in [-0.25, -0.2) is 4.79 Å². The maximum Gasteiger partial charge on any atom is 0.329 e. The van der Waals surface area contributed by atoms with E-state index < -0.39 is 41.3 Å². The molecule has 2 aliphatic carbocycles. The van der Waals surface area contributed by atoms with E-state index in [2.05, 4.69) is 5.32 Å². The van der Waals surface area contributed by atoms with Crippen LogP contribution in [0.25, 0.3) is 0 Å². The highest BCUT2D eigenvalue weighted by atomic mass is 16.6. The Morgan fingerprint density at radius 2 is 1.87 bits per heavy atom. The lowest BCUT2D eigenvalue weighted by molar-refractivity contribution is -0.384. The van der Waals surface area contributed by atoms with Crippen molar-refractivity contribution in [3.05, 3.63) is 46.5 Å². The number of rotatable bonds is 6. The quantitative estimate of drug-likeness (QED) is 0.244. The van der Waals surface area contributed by atoms with Crippen LogP contribution in [0.3, 0.4) is 0 Å². The number of ether oxygens (including phenoxy) is 1. The second-order valence-corrected chi connectivity index (χ2v) is 7.69. The Hall–Kier alpha value is -3.56. The van der Waals surface area contributed by atoms with Gasteiger partial charge in [-0.05, 0) is 31.2 Å². The van der Waals surface area contributed by atoms with E-state index in [-0.39, 0.29) is 35.0 Å². The number of allylic oxidation sites excluding steroid dienone is 2. The summed E-state index contributed by atoms with van der Waals surface area (Å²) in [5.74, 6) is -3.07. The van der Waals surface area contributed by atoms with Gasteiger partial charge in [0.15, 0.2) is 6.61 Å². The molecule has 1 aliphatic heterocycles. The molecule has 0 radical (unpaired) electrons. The molecule has 1 saturated heterocycles. The summed E-state index contributed by atoms with van der Waals surface area (Å²) in [6.07, 6.45) is 4.71. The van der Waals surface area contributed by atoms with Gasteiger partial charge in [0.25, 0.3) is 11.6 Å². The lowest BCUT2D eigenvalue weighted by Gasteiger charge is -2.23. The van der Waals surface area contributed by atoms with E-state index in [1.807, 2.05) is 12.2 Å². The minimum absolute atomic E-state index is 0.0328. The molecular formula is C20H19N3O7. The van der Waals surface area contributed by atoms with Gasteiger partial charge >= 0.3 is 5.97 Å². The smallest absolute Gasteiger partial charge is 0.329 e. The van der Waals surface area contributed by atoms with Gasteiger partial charge in [-0.15, -0.1) is 0 Å². The molecule has 30 heavy (non-hydrogen) atoms. The molecule has 10 nitrogen and oxygen atoms in total. The molecular weight excluding hydrogens is 394 g/mol. The number of carbonyl (C=O) groups excluding carboxylic acids is 4. The fraction of sp³-hybridized carbons (Fsp3) is 0.400. The molecule has 1 N–H and O–H groups in total. The highest BCUT2D eigenvalue weighted by Gasteiger charge is 2.60. The molecule has 3 amide bonds. The predicted molar refractivity (Wildman–Crippen MR) is 102 cm³/mol. The van der Waals surface area contributed by atoms with Crippen LogP contribution in [0.4, 0.5) is 11.4 Å². The Labute approximate surface area is 171 Å². The van der Waals surface area contributed by atoms with Crippen LogP contribution < -0.4 is 5.32 Å². The molecule has 1 saturated carbocycles. The third-order valence-electron chi connectivity index (χ3n) is 5.92. The van der Waals surface area contributed by atoms with E-state index >= 15 is 0 Å². The van der Waals surface area contributed by atoms with Gasteiger partial charge in [-0.3, -0.25) is 29.4 Å². The third kappa shape index (κ3) is 3.23. The zero-order valence-electron chi connectivity index (χ0n) is 16.0. The van der Waals surface area contributed by atoms with E-state index in [1.54, 1.807) is 0 Å². The first-order chi connectivity index (χ1) is 14.3. The molecule has 1 aromatic rings. The summed E-state index contributed by atoms with van der Waals surface area (Å²) in [5, 5.41) is 13.2. The first-order valence-corrected chi connectivity index (χ1v) is 9.54. The standard InChI is InChI=1S/C20H19N3O7/c1-10(22-18(25)16-11-5-6-12(7-11)17(16)19(22)26)20(27)30-9-15(24)21-13-3-2-4-14(8-13)23(28)29/h2-6,8,10-12,16-17H,7,9H2,1H3,(H,21,24)/t10-,11+,12+,16+,17+/m1/s1. The molecule has 0 aromatic heterocycles. The van der Waals surface area contributed by atoms with Gasteiger partial charge in [-0.1, -0.05) is 18.2 Å². The molecule has 156 valence electrons. The Bertz CT molecular complexity index is 958. The van der Waals surface area contributed by atoms with Crippen LogP contribution in [0.15, 0.2) is 36.4 Å². The van der Waals surface area contributed by atoms with Crippen LogP contribution in [0.2, 0.25) is 0 Å². The largest absolute Gasteiger partial charge is 0.454 e. The van der Waals surface area contributed by atoms with Crippen LogP contribution in [0.5, 0.6) is 0 Å². The number of fused-ring (bicyclic) bond motifs is 5. The molecule has 1 heterocycles. The molecule has 0 unspecified atom stereocenters. The summed E-state index contributed by atoms with van der Waals surface area (Å²) >= 11 is 0. The third-order valence-corrected chi connectivity index (χ3v) is 5.92. The van der Waals surface area contributed by atoms with Crippen LogP contribution in [0.1, 0.15) is 13.3 Å². The first kappa shape index (κ1) is 19.7. The van der Waals surface area contributed by atoms with Gasteiger partial charge in [0.2, 0.25) is 11.8 Å². The summed E-state index contributed by atoms with van der Waals surface area (Å²) in [7, 11) is 0. The second kappa shape index (κ2) is 7.36. The molecule has 3 aliphatic rings. The Kier molecular flexibility index (Phi) is 4.84. The van der Waals surface area contributed by atoms with E-state index in [4.69, 9.17) is 4.74 Å². The number of non-ortho nitro benzene ring substituents is 1. The lowest BCUT2D eigenvalue weighted by Crippen LogP contribution is -2.45. The maximum absolute atomic E-state index is 12.7. The highest BCUT2D eigenvalue weighted by Crippen LogP contribution is 2.52. The number of nitrogens with zero attached hydrogens (tertiary/aromatic N) is 2. The maximum atomic E-state index is 12.7. The molecule has 1 aromatic carbocycles. The summed E-state index contributed by atoms with van der Waals surface area (Å²) in [6, 6.07) is 4.17. The normalized spacial score (nSPS) is 27.2. The number of amides is 3. The first-order valence-electron chi connectivity index (χ1n) is 9.54. The molecule has 2 fully saturated rings. The Morgan fingerprint density at radius 1 is 1.23 bits per heavy atom. The van der Waals surface area contributed by atoms with Gasteiger partial charge < -0.3 is 10.1 Å². The highest BCUT2D eigenvalue weighted by molar-refractivity contribution is 6.09. The van der Waals surface area contributed by atoms with E-state index in [0.29, 0.717) is 0 Å². The van der Waals surface area contributed by atoms with Crippen LogP contribution >= 0.6 is 0 Å². The number of hydrogen-bond acceptors (Lipinski definition) is 7. The van der Waals surface area contributed by atoms with Crippen molar-refractivity contribution < 1.29 is 28.8 Å². The van der Waals surface area contributed by atoms with Crippen molar-refractivity contribution in [2.45, 2.75) is 19.4 Å². The summed E-state index contributed by atoms with van der Waals surface area (Å²) in [4.78, 5) is 61.0. The summed E-state index contributed by atoms with van der Waals surface area (Å²) < 4.78 is 4.97. The van der Waals surface area contributed by atoms with Crippen molar-refractivity contribution in [2.24, 2.45) is 23.7 Å². The average molecular weight is 413 g/mol. The number of carbonyl (C=O) groups is 4. The molecule has 2 bridgehead atoms. The van der Waals surface area contributed by atoms with Gasteiger partial charge in [0.05, 0.1) is 16.8 Å². The van der Waals surface area contributed by atoms with Crippen molar-refractivity contribution in [2.75, 3.05) is 11.9 Å². The number of esters is 1. The van der Waals surface area contributed by atoms with Crippen molar-refractivity contribution in [3.8, 4) is 0 Å². The summed E-state index contributed by atoms with van der Waals surface area (Å²) in [5.41, 5.74) is -0.0162. The van der Waals surface area contributed by atoms with Gasteiger partial charge in [-0.2, -0.15) is 0 Å². The number of likely N-dealkylation sites (tertiary alicyclic amines) is 1. The average Bonchev–Trinajstić information content (AvgIpc) is 3.39. The zero-order chi connectivity index (χ0) is 21.6. The SMILES string of the molecule is C[C@H](C(=O)OCC(=O)Nc1cccc([N+](=O)[O-])c1)N1C(=O)[C@@H]2[C@@H](C1=O)[C@H]1C=C[C@H]2C1. The van der Waals surface area contributed by atoms with Crippen LogP contribution in [-0.2, 0) is 23.9 Å². The van der Waals surface area contributed by atoms with Crippen molar-refractivity contribution in [1.29, 1.82) is 0 Å². The minimum atomic E-state index is -1.14. The number of hydrogen-bond donors (Lipinski definition) is 1.